The SMILES string of the molecule is CCOC(=O)c1[nH]c(C)c(C(=O)[C@H](C)N(CCCOC)C(=O)C(C)C)c1C. The van der Waals surface area contributed by atoms with Crippen LogP contribution in [0.3, 0.4) is 0 Å². The summed E-state index contributed by atoms with van der Waals surface area (Å²) in [6, 6.07) is -0.639. The quantitative estimate of drug-likeness (QED) is 0.383. The average Bonchev–Trinajstić information content (AvgIpc) is 2.91. The summed E-state index contributed by atoms with van der Waals surface area (Å²) in [6.45, 7) is 11.8. The van der Waals surface area contributed by atoms with Gasteiger partial charge in [0.05, 0.1) is 12.6 Å². The number of ketones is 1. The van der Waals surface area contributed by atoms with Crippen LogP contribution in [0, 0.1) is 19.8 Å². The van der Waals surface area contributed by atoms with Crippen molar-refractivity contribution in [2.75, 3.05) is 26.9 Å². The number of amides is 1. The lowest BCUT2D eigenvalue weighted by Crippen LogP contribution is -2.46. The van der Waals surface area contributed by atoms with Crippen LogP contribution >= 0.6 is 0 Å². The first kappa shape index (κ1) is 22.9. The second-order valence-electron chi connectivity index (χ2n) is 6.92. The van der Waals surface area contributed by atoms with Crippen LogP contribution in [-0.4, -0.2) is 60.5 Å². The van der Waals surface area contributed by atoms with Gasteiger partial charge in [0.15, 0.2) is 5.78 Å². The molecule has 152 valence electrons. The number of carbonyl (C=O) groups excluding carboxylic acids is 3. The molecule has 0 spiro atoms. The van der Waals surface area contributed by atoms with Crippen molar-refractivity contribution < 1.29 is 23.9 Å². The third-order valence-electron chi connectivity index (χ3n) is 4.53. The van der Waals surface area contributed by atoms with Crippen LogP contribution in [0.25, 0.3) is 0 Å². The molecule has 0 aliphatic carbocycles. The molecule has 0 saturated heterocycles. The molecule has 0 aliphatic heterocycles. The first-order chi connectivity index (χ1) is 12.7. The van der Waals surface area contributed by atoms with E-state index in [1.165, 1.54) is 0 Å². The number of hydrogen-bond donors (Lipinski definition) is 1. The van der Waals surface area contributed by atoms with E-state index in [2.05, 4.69) is 4.98 Å². The average molecular weight is 380 g/mol. The number of nitrogens with one attached hydrogen (secondary N) is 1. The molecule has 0 aromatic carbocycles. The largest absolute Gasteiger partial charge is 0.461 e. The Labute approximate surface area is 161 Å². The molecule has 0 unspecified atom stereocenters. The van der Waals surface area contributed by atoms with Gasteiger partial charge in [-0.2, -0.15) is 0 Å². The van der Waals surface area contributed by atoms with Crippen LogP contribution in [-0.2, 0) is 14.3 Å². The summed E-state index contributed by atoms with van der Waals surface area (Å²) in [7, 11) is 1.60. The molecule has 1 N–H and O–H groups in total. The predicted molar refractivity (Wildman–Crippen MR) is 103 cm³/mol. The van der Waals surface area contributed by atoms with E-state index in [1.54, 1.807) is 39.7 Å². The molecule has 1 atom stereocenters. The van der Waals surface area contributed by atoms with Gasteiger partial charge in [0.25, 0.3) is 0 Å². The summed E-state index contributed by atoms with van der Waals surface area (Å²) in [5, 5.41) is 0. The highest BCUT2D eigenvalue weighted by Gasteiger charge is 2.31. The van der Waals surface area contributed by atoms with Crippen molar-refractivity contribution in [3.8, 4) is 0 Å². The molecule has 0 bridgehead atoms. The van der Waals surface area contributed by atoms with Crippen molar-refractivity contribution in [2.24, 2.45) is 5.92 Å². The van der Waals surface area contributed by atoms with Crippen LogP contribution in [0.1, 0.15) is 66.2 Å². The van der Waals surface area contributed by atoms with Crippen molar-refractivity contribution in [2.45, 2.75) is 54.0 Å². The lowest BCUT2D eigenvalue weighted by atomic mass is 9.98. The van der Waals surface area contributed by atoms with Gasteiger partial charge < -0.3 is 19.4 Å². The van der Waals surface area contributed by atoms with Gasteiger partial charge in [-0.3, -0.25) is 9.59 Å². The third-order valence-corrected chi connectivity index (χ3v) is 4.53. The third kappa shape index (κ3) is 5.42. The molecule has 7 nitrogen and oxygen atoms in total. The molecule has 7 heteroatoms. The lowest BCUT2D eigenvalue weighted by Gasteiger charge is -2.30. The maximum absolute atomic E-state index is 13.2. The molecular weight excluding hydrogens is 348 g/mol. The van der Waals surface area contributed by atoms with E-state index in [-0.39, 0.29) is 29.9 Å². The zero-order valence-corrected chi connectivity index (χ0v) is 17.5. The standard InChI is InChI=1S/C20H32N2O5/c1-8-27-20(25)17-13(4)16(14(5)21-17)18(23)15(6)22(10-9-11-26-7)19(24)12(2)3/h12,15,21H,8-11H2,1-7H3/t15-/m0/s1. The molecule has 27 heavy (non-hydrogen) atoms. The number of esters is 1. The summed E-state index contributed by atoms with van der Waals surface area (Å²) < 4.78 is 10.1. The normalized spacial score (nSPS) is 12.1. The van der Waals surface area contributed by atoms with Gasteiger partial charge in [0, 0.05) is 37.4 Å². The van der Waals surface area contributed by atoms with E-state index in [9.17, 15) is 14.4 Å². The number of ether oxygens (including phenoxy) is 2. The van der Waals surface area contributed by atoms with Gasteiger partial charge in [-0.25, -0.2) is 4.79 Å². The summed E-state index contributed by atoms with van der Waals surface area (Å²) in [5.41, 5.74) is 1.88. The van der Waals surface area contributed by atoms with Crippen molar-refractivity contribution in [1.29, 1.82) is 0 Å². The topological polar surface area (TPSA) is 88.7 Å². The van der Waals surface area contributed by atoms with E-state index >= 15 is 0 Å². The molecule has 1 aromatic heterocycles. The molecule has 0 aliphatic rings. The fourth-order valence-corrected chi connectivity index (χ4v) is 3.08. The highest BCUT2D eigenvalue weighted by atomic mass is 16.5. The van der Waals surface area contributed by atoms with Crippen LogP contribution in [0.5, 0.6) is 0 Å². The van der Waals surface area contributed by atoms with Gasteiger partial charge in [-0.15, -0.1) is 0 Å². The maximum atomic E-state index is 13.2. The fourth-order valence-electron chi connectivity index (χ4n) is 3.08. The number of rotatable bonds is 10. The van der Waals surface area contributed by atoms with E-state index in [0.29, 0.717) is 36.4 Å². The zero-order valence-electron chi connectivity index (χ0n) is 17.5. The van der Waals surface area contributed by atoms with E-state index in [0.717, 1.165) is 0 Å². The Balaban J connectivity index is 3.16. The Kier molecular flexibility index (Phi) is 8.69. The molecule has 0 radical (unpaired) electrons. The minimum atomic E-state index is -0.639. The second kappa shape index (κ2) is 10.3. The molecule has 1 aromatic rings. The zero-order chi connectivity index (χ0) is 20.7. The minimum Gasteiger partial charge on any atom is -0.461 e. The Morgan fingerprint density at radius 3 is 2.30 bits per heavy atom. The monoisotopic (exact) mass is 380 g/mol. The van der Waals surface area contributed by atoms with Crippen LogP contribution in [0.2, 0.25) is 0 Å². The number of aromatic amines is 1. The van der Waals surface area contributed by atoms with Gasteiger partial charge in [0.1, 0.15) is 5.69 Å². The first-order valence-electron chi connectivity index (χ1n) is 9.37. The molecule has 1 rings (SSSR count). The Bertz CT molecular complexity index is 678. The number of nitrogens with zero attached hydrogens (tertiary/aromatic N) is 1. The van der Waals surface area contributed by atoms with Crippen molar-refractivity contribution in [3.05, 3.63) is 22.5 Å². The number of aromatic nitrogens is 1. The Morgan fingerprint density at radius 2 is 1.78 bits per heavy atom. The highest BCUT2D eigenvalue weighted by Crippen LogP contribution is 2.23. The minimum absolute atomic E-state index is 0.0802. The number of hydrogen-bond acceptors (Lipinski definition) is 5. The van der Waals surface area contributed by atoms with Gasteiger partial charge in [-0.1, -0.05) is 13.8 Å². The number of carbonyl (C=O) groups is 3. The number of H-pyrrole nitrogens is 1. The van der Waals surface area contributed by atoms with Crippen LogP contribution in [0.4, 0.5) is 0 Å². The summed E-state index contributed by atoms with van der Waals surface area (Å²) in [4.78, 5) is 42.5. The molecule has 0 fully saturated rings. The smallest absolute Gasteiger partial charge is 0.355 e. The first-order valence-corrected chi connectivity index (χ1v) is 9.37. The maximum Gasteiger partial charge on any atom is 0.355 e. The van der Waals surface area contributed by atoms with Crippen LogP contribution < -0.4 is 0 Å². The summed E-state index contributed by atoms with van der Waals surface area (Å²) in [5.74, 6) is -0.974. The fraction of sp³-hybridized carbons (Fsp3) is 0.650. The molecular formula is C20H32N2O5. The van der Waals surface area contributed by atoms with E-state index in [4.69, 9.17) is 9.47 Å². The second-order valence-corrected chi connectivity index (χ2v) is 6.92. The van der Waals surface area contributed by atoms with Crippen molar-refractivity contribution >= 4 is 17.7 Å². The Hall–Kier alpha value is -2.15. The van der Waals surface area contributed by atoms with Gasteiger partial charge in [-0.05, 0) is 39.7 Å². The van der Waals surface area contributed by atoms with Gasteiger partial charge >= 0.3 is 5.97 Å². The number of methoxy groups -OCH3 is 1. The number of aryl methyl sites for hydroxylation is 1. The molecule has 1 heterocycles. The molecule has 1 amide bonds. The van der Waals surface area contributed by atoms with Crippen molar-refractivity contribution in [1.82, 2.24) is 9.88 Å². The van der Waals surface area contributed by atoms with E-state index in [1.807, 2.05) is 13.8 Å². The lowest BCUT2D eigenvalue weighted by molar-refractivity contribution is -0.135. The summed E-state index contributed by atoms with van der Waals surface area (Å²) >= 11 is 0. The summed E-state index contributed by atoms with van der Waals surface area (Å²) in [6.07, 6.45) is 0.645. The molecule has 0 saturated carbocycles. The van der Waals surface area contributed by atoms with E-state index < -0.39 is 12.0 Å². The number of Topliss-reactive ketones (excluding diaryl/α,β-unsaturated/α-hetero) is 1. The Morgan fingerprint density at radius 1 is 1.15 bits per heavy atom. The highest BCUT2D eigenvalue weighted by molar-refractivity contribution is 6.06. The van der Waals surface area contributed by atoms with Crippen LogP contribution in [0.15, 0.2) is 0 Å². The van der Waals surface area contributed by atoms with Crippen molar-refractivity contribution in [3.63, 3.8) is 0 Å². The van der Waals surface area contributed by atoms with Gasteiger partial charge in [0.2, 0.25) is 5.91 Å². The predicted octanol–water partition coefficient (Wildman–Crippen LogP) is 2.90.